The second-order valence-electron chi connectivity index (χ2n) is 33.5. The summed E-state index contributed by atoms with van der Waals surface area (Å²) in [4.78, 5) is 66.4. The van der Waals surface area contributed by atoms with Crippen molar-refractivity contribution < 1.29 is 122 Å². The van der Waals surface area contributed by atoms with Crippen LogP contribution in [-0.4, -0.2) is 205 Å². The maximum atomic E-state index is 14.9. The van der Waals surface area contributed by atoms with Crippen LogP contribution in [0.5, 0.6) is 0 Å². The van der Waals surface area contributed by atoms with Crippen molar-refractivity contribution in [2.24, 2.45) is 0 Å². The Kier molecular flexibility index (Phi) is 64.9. The second-order valence-corrected chi connectivity index (χ2v) is 34.9. The number of esters is 4. The van der Waals surface area contributed by atoms with Crippen LogP contribution >= 0.6 is 7.82 Å². The van der Waals surface area contributed by atoms with Crippen LogP contribution in [-0.2, 0) is 70.7 Å². The molecule has 117 heavy (non-hydrogen) atoms. The van der Waals surface area contributed by atoms with Crippen molar-refractivity contribution in [3.8, 4) is 0 Å². The third kappa shape index (κ3) is 50.5. The molecule has 2 heterocycles. The summed E-state index contributed by atoms with van der Waals surface area (Å²) in [7, 11) is -5.81. The lowest BCUT2D eigenvalue weighted by Gasteiger charge is -2.50. The van der Waals surface area contributed by atoms with E-state index in [1.807, 2.05) is 0 Å². The average molecular weight is 1690 g/mol. The van der Waals surface area contributed by atoms with E-state index in [4.69, 9.17) is 46.9 Å². The first-order valence-corrected chi connectivity index (χ1v) is 48.6. The molecule has 3 fully saturated rings. The topological polar surface area (TPSA) is 380 Å². The monoisotopic (exact) mass is 1690 g/mol. The number of ether oxygens (including phenoxy) is 8. The maximum absolute atomic E-state index is 14.9. The Labute approximate surface area is 704 Å². The summed E-state index contributed by atoms with van der Waals surface area (Å²) >= 11 is 0. The van der Waals surface area contributed by atoms with Gasteiger partial charge < -0.3 is 88.7 Å². The molecule has 1 aliphatic carbocycles. The molecule has 1 saturated carbocycles. The van der Waals surface area contributed by atoms with Gasteiger partial charge in [-0.2, -0.15) is 0 Å². The number of unbranched alkanes of at least 4 members (excludes halogenated alkanes) is 48. The zero-order chi connectivity index (χ0) is 85.4. The molecule has 3 aliphatic rings. The molecular weight excluding hydrogens is 1520 g/mol. The van der Waals surface area contributed by atoms with Crippen LogP contribution in [0.3, 0.4) is 0 Å². The number of rotatable bonds is 76. The quantitative estimate of drug-likeness (QED) is 0.00889. The third-order valence-electron chi connectivity index (χ3n) is 22.9. The van der Waals surface area contributed by atoms with Crippen molar-refractivity contribution in [3.05, 3.63) is 24.3 Å². The Bertz CT molecular complexity index is 2530. The normalized spacial score (nSPS) is 25.1. The van der Waals surface area contributed by atoms with Gasteiger partial charge in [0.15, 0.2) is 24.8 Å². The molecule has 0 aromatic heterocycles. The summed E-state index contributed by atoms with van der Waals surface area (Å²) < 4.78 is 73.4. The molecule has 686 valence electrons. The van der Waals surface area contributed by atoms with E-state index >= 15 is 0 Å². The van der Waals surface area contributed by atoms with E-state index in [0.29, 0.717) is 38.5 Å². The van der Waals surface area contributed by atoms with Gasteiger partial charge in [0, 0.05) is 25.7 Å². The van der Waals surface area contributed by atoms with Gasteiger partial charge in [0.25, 0.3) is 0 Å². The number of allylic oxidation sites excluding steroid dienone is 4. The smallest absolute Gasteiger partial charge is 0.463 e. The van der Waals surface area contributed by atoms with Gasteiger partial charge in [0.05, 0.1) is 13.2 Å². The predicted molar refractivity (Wildman–Crippen MR) is 453 cm³/mol. The van der Waals surface area contributed by atoms with Crippen LogP contribution < -0.4 is 0 Å². The number of carbonyl (C=O) groups excluding carboxylic acids is 4. The van der Waals surface area contributed by atoms with Crippen LogP contribution in [0, 0.1) is 0 Å². The predicted octanol–water partition coefficient (Wildman–Crippen LogP) is 17.3. The largest absolute Gasteiger partial charge is 0.472 e. The van der Waals surface area contributed by atoms with E-state index in [0.717, 1.165) is 135 Å². The minimum Gasteiger partial charge on any atom is -0.463 e. The third-order valence-corrected chi connectivity index (χ3v) is 23.9. The SMILES string of the molecule is CCCCCC/C=C\CCCCCCCCCC(=O)OC1C(O)C(O)C(OC2OC(CO)C(O)C(O)C2O)C(OP(=O)(O)OCC(COC(=O)CCCCCCCCCCCCCCCCC)OC(=O)CCCCCCCCCCCCCCCCC)C1OC1OC(COC(=O)CCCCC/C=C\CCCCCCCC)C(O)C(O)C1O. The number of phosphoric ester groups is 1. The van der Waals surface area contributed by atoms with Crippen molar-refractivity contribution in [2.45, 2.75) is 504 Å². The zero-order valence-electron chi connectivity index (χ0n) is 73.0. The standard InChI is InChI=1S/C91H167O25P/c1-5-9-13-17-21-25-29-33-36-40-44-47-51-55-59-63-74(93)107-68-71(110-76(95)65-61-57-53-49-45-41-37-34-30-26-22-18-14-10-6-2)69-109-117(105,106)116-89-87(114-90-84(103)80(99)78(97)72(67-92)111-90)83(102)82(101)86(113-77(96)66-62-58-54-50-46-42-38-35-31-27-23-19-15-11-7-3)88(89)115-91-85(104)81(100)79(98)73(112-91)70-108-75(94)64-60-56-52-48-43-39-32-28-24-20-16-12-8-4/h27,31,39,43,71-73,78-92,97-104H,5-26,28-30,32-38,40-42,44-70H2,1-4H3,(H,105,106)/b31-27-,43-39-. The maximum Gasteiger partial charge on any atom is 0.472 e. The zero-order valence-corrected chi connectivity index (χ0v) is 73.9. The highest BCUT2D eigenvalue weighted by atomic mass is 31.2. The van der Waals surface area contributed by atoms with Crippen LogP contribution in [0.15, 0.2) is 24.3 Å². The van der Waals surface area contributed by atoms with E-state index < -0.39 is 162 Å². The Morgan fingerprint density at radius 1 is 0.333 bits per heavy atom. The van der Waals surface area contributed by atoms with E-state index in [2.05, 4.69) is 52.0 Å². The fourth-order valence-corrected chi connectivity index (χ4v) is 16.4. The van der Waals surface area contributed by atoms with Crippen LogP contribution in [0.2, 0.25) is 0 Å². The van der Waals surface area contributed by atoms with Gasteiger partial charge in [-0.3, -0.25) is 28.2 Å². The second kappa shape index (κ2) is 70.3. The highest BCUT2D eigenvalue weighted by molar-refractivity contribution is 7.47. The molecule has 0 amide bonds. The van der Waals surface area contributed by atoms with Gasteiger partial charge in [-0.05, 0) is 77.0 Å². The van der Waals surface area contributed by atoms with Gasteiger partial charge in [-0.15, -0.1) is 0 Å². The lowest BCUT2D eigenvalue weighted by Crippen LogP contribution is -2.70. The molecule has 3 rings (SSSR count). The molecule has 0 aromatic rings. The number of carbonyl (C=O) groups is 4. The summed E-state index contributed by atoms with van der Waals surface area (Å²) in [6.07, 6.45) is 30.2. The first-order chi connectivity index (χ1) is 56.7. The van der Waals surface area contributed by atoms with Gasteiger partial charge in [0.2, 0.25) is 0 Å². The molecule has 0 spiro atoms. The Balaban J connectivity index is 1.92. The minimum atomic E-state index is -5.81. The van der Waals surface area contributed by atoms with Crippen molar-refractivity contribution >= 4 is 31.7 Å². The number of aliphatic hydroxyl groups excluding tert-OH is 9. The van der Waals surface area contributed by atoms with Crippen molar-refractivity contribution in [1.29, 1.82) is 0 Å². The van der Waals surface area contributed by atoms with Crippen LogP contribution in [0.1, 0.15) is 400 Å². The number of phosphoric acid groups is 1. The summed E-state index contributed by atoms with van der Waals surface area (Å²) in [6.45, 7) is 5.58. The molecule has 25 nitrogen and oxygen atoms in total. The molecule has 2 saturated heterocycles. The summed E-state index contributed by atoms with van der Waals surface area (Å²) in [5.74, 6) is -2.98. The molecule has 0 radical (unpaired) electrons. The fraction of sp³-hybridized carbons (Fsp3) is 0.912. The fourth-order valence-electron chi connectivity index (χ4n) is 15.4. The molecule has 26 heteroatoms. The number of hydrogen-bond donors (Lipinski definition) is 10. The van der Waals surface area contributed by atoms with E-state index in [1.54, 1.807) is 0 Å². The molecular formula is C91H167O25P. The van der Waals surface area contributed by atoms with Crippen molar-refractivity contribution in [2.75, 3.05) is 26.4 Å². The average Bonchev–Trinajstić information content (AvgIpc) is 0.754. The van der Waals surface area contributed by atoms with Crippen molar-refractivity contribution in [1.82, 2.24) is 0 Å². The number of hydrogen-bond acceptors (Lipinski definition) is 24. The lowest BCUT2D eigenvalue weighted by molar-refractivity contribution is -0.360. The molecule has 18 atom stereocenters. The van der Waals surface area contributed by atoms with Gasteiger partial charge >= 0.3 is 31.7 Å². The van der Waals surface area contributed by atoms with E-state index in [9.17, 15) is 74.6 Å². The Morgan fingerprint density at radius 2 is 0.641 bits per heavy atom. The van der Waals surface area contributed by atoms with Gasteiger partial charge in [0.1, 0.15) is 92.6 Å². The summed E-state index contributed by atoms with van der Waals surface area (Å²) in [5.41, 5.74) is 0. The number of aliphatic hydroxyl groups is 9. The highest BCUT2D eigenvalue weighted by Crippen LogP contribution is 2.49. The summed E-state index contributed by atoms with van der Waals surface area (Å²) in [6, 6.07) is 0. The highest BCUT2D eigenvalue weighted by Gasteiger charge is 2.60. The Morgan fingerprint density at radius 3 is 1.03 bits per heavy atom. The van der Waals surface area contributed by atoms with Crippen LogP contribution in [0.25, 0.3) is 0 Å². The molecule has 2 aliphatic heterocycles. The molecule has 10 N–H and O–H groups in total. The Hall–Kier alpha value is -3.05. The summed E-state index contributed by atoms with van der Waals surface area (Å²) in [5, 5.41) is 102. The molecule has 0 aromatic carbocycles. The van der Waals surface area contributed by atoms with Crippen molar-refractivity contribution in [3.63, 3.8) is 0 Å². The van der Waals surface area contributed by atoms with E-state index in [-0.39, 0.29) is 25.7 Å². The first kappa shape index (κ1) is 108. The van der Waals surface area contributed by atoms with Gasteiger partial charge in [-0.1, -0.05) is 322 Å². The lowest BCUT2D eigenvalue weighted by atomic mass is 9.84. The van der Waals surface area contributed by atoms with Gasteiger partial charge in [-0.25, -0.2) is 4.57 Å². The minimum absolute atomic E-state index is 0.00619. The first-order valence-electron chi connectivity index (χ1n) is 47.1. The van der Waals surface area contributed by atoms with E-state index in [1.165, 1.54) is 173 Å². The molecule has 0 bridgehead atoms. The molecule has 18 unspecified atom stereocenters. The van der Waals surface area contributed by atoms with Crippen LogP contribution in [0.4, 0.5) is 0 Å².